The molecule has 1 atom stereocenters. The molecule has 1 unspecified atom stereocenters. The highest BCUT2D eigenvalue weighted by molar-refractivity contribution is 8.00. The monoisotopic (exact) mass is 466 g/mol. The molecule has 0 bridgehead atoms. The number of rotatable bonds is 8. The van der Waals surface area contributed by atoms with E-state index in [2.05, 4.69) is 15.5 Å². The van der Waals surface area contributed by atoms with Gasteiger partial charge in [0.15, 0.2) is 11.0 Å². The maximum absolute atomic E-state index is 12.5. The normalized spacial score (nSPS) is 11.8. The van der Waals surface area contributed by atoms with Crippen LogP contribution in [0.2, 0.25) is 10.0 Å². The fourth-order valence-electron chi connectivity index (χ4n) is 2.48. The Morgan fingerprint density at radius 3 is 2.63 bits per heavy atom. The van der Waals surface area contributed by atoms with Gasteiger partial charge in [0, 0.05) is 12.7 Å². The van der Waals surface area contributed by atoms with E-state index in [-0.39, 0.29) is 12.5 Å². The summed E-state index contributed by atoms with van der Waals surface area (Å²) in [6, 6.07) is 12.3. The second-order valence-electron chi connectivity index (χ2n) is 6.28. The molecule has 0 aliphatic rings. The van der Waals surface area contributed by atoms with Gasteiger partial charge in [-0.1, -0.05) is 47.1 Å². The lowest BCUT2D eigenvalue weighted by molar-refractivity contribution is -0.115. The Kier molecular flexibility index (Phi) is 7.47. The molecule has 2 aromatic carbocycles. The SMILES string of the molecule is COc1ccc(NC(=O)C(C)Sc2nnc(COc3ccccc3Cl)n2C)cc1Cl. The quantitative estimate of drug-likeness (QED) is 0.479. The van der Waals surface area contributed by atoms with Crippen molar-refractivity contribution in [3.05, 3.63) is 58.3 Å². The van der Waals surface area contributed by atoms with Crippen LogP contribution >= 0.6 is 35.0 Å². The molecule has 30 heavy (non-hydrogen) atoms. The molecule has 0 saturated heterocycles. The van der Waals surface area contributed by atoms with Crippen LogP contribution in [0.5, 0.6) is 11.5 Å². The molecule has 1 amide bonds. The Balaban J connectivity index is 1.60. The van der Waals surface area contributed by atoms with Crippen molar-refractivity contribution in [2.75, 3.05) is 12.4 Å². The van der Waals surface area contributed by atoms with Crippen molar-refractivity contribution in [2.24, 2.45) is 7.05 Å². The minimum absolute atomic E-state index is 0.182. The maximum atomic E-state index is 12.5. The Labute approximate surface area is 188 Å². The lowest BCUT2D eigenvalue weighted by Crippen LogP contribution is -2.22. The first-order valence-electron chi connectivity index (χ1n) is 8.95. The lowest BCUT2D eigenvalue weighted by atomic mass is 10.3. The number of ether oxygens (including phenoxy) is 2. The van der Waals surface area contributed by atoms with E-state index in [9.17, 15) is 4.79 Å². The highest BCUT2D eigenvalue weighted by Gasteiger charge is 2.19. The fourth-order valence-corrected chi connectivity index (χ4v) is 3.76. The molecule has 0 fully saturated rings. The molecule has 1 aromatic heterocycles. The van der Waals surface area contributed by atoms with Crippen LogP contribution < -0.4 is 14.8 Å². The van der Waals surface area contributed by atoms with Crippen LogP contribution in [0, 0.1) is 0 Å². The smallest absolute Gasteiger partial charge is 0.237 e. The van der Waals surface area contributed by atoms with Gasteiger partial charge in [0.25, 0.3) is 0 Å². The Morgan fingerprint density at radius 1 is 1.17 bits per heavy atom. The third-order valence-corrected chi connectivity index (χ3v) is 5.93. The van der Waals surface area contributed by atoms with E-state index in [0.29, 0.717) is 38.2 Å². The van der Waals surface area contributed by atoms with E-state index < -0.39 is 5.25 Å². The predicted octanol–water partition coefficient (Wildman–Crippen LogP) is 4.83. The van der Waals surface area contributed by atoms with Gasteiger partial charge in [-0.25, -0.2) is 0 Å². The summed E-state index contributed by atoms with van der Waals surface area (Å²) in [6.07, 6.45) is 0. The molecular formula is C20H20Cl2N4O3S. The molecule has 0 aliphatic heterocycles. The molecule has 3 aromatic rings. The first-order chi connectivity index (χ1) is 14.4. The van der Waals surface area contributed by atoms with Crippen molar-refractivity contribution in [3.63, 3.8) is 0 Å². The van der Waals surface area contributed by atoms with E-state index in [1.54, 1.807) is 41.8 Å². The fraction of sp³-hybridized carbons (Fsp3) is 0.250. The number of aromatic nitrogens is 3. The largest absolute Gasteiger partial charge is 0.495 e. The summed E-state index contributed by atoms with van der Waals surface area (Å²) in [6.45, 7) is 2.00. The average Bonchev–Trinajstić information content (AvgIpc) is 3.07. The van der Waals surface area contributed by atoms with Crippen molar-refractivity contribution in [1.29, 1.82) is 0 Å². The average molecular weight is 467 g/mol. The van der Waals surface area contributed by atoms with Crippen LogP contribution in [0.4, 0.5) is 5.69 Å². The molecule has 0 spiro atoms. The van der Waals surface area contributed by atoms with Crippen molar-refractivity contribution in [1.82, 2.24) is 14.8 Å². The molecule has 10 heteroatoms. The molecule has 0 saturated carbocycles. The summed E-state index contributed by atoms with van der Waals surface area (Å²) < 4.78 is 12.6. The highest BCUT2D eigenvalue weighted by atomic mass is 35.5. The first-order valence-corrected chi connectivity index (χ1v) is 10.6. The van der Waals surface area contributed by atoms with E-state index in [1.807, 2.05) is 19.2 Å². The minimum Gasteiger partial charge on any atom is -0.495 e. The molecule has 158 valence electrons. The van der Waals surface area contributed by atoms with Crippen LogP contribution in [0.25, 0.3) is 0 Å². The molecule has 0 radical (unpaired) electrons. The van der Waals surface area contributed by atoms with Crippen LogP contribution in [0.3, 0.4) is 0 Å². The van der Waals surface area contributed by atoms with E-state index in [4.69, 9.17) is 32.7 Å². The van der Waals surface area contributed by atoms with Gasteiger partial charge in [0.1, 0.15) is 18.1 Å². The number of anilines is 1. The highest BCUT2D eigenvalue weighted by Crippen LogP contribution is 2.29. The number of nitrogens with zero attached hydrogens (tertiary/aromatic N) is 3. The number of amides is 1. The van der Waals surface area contributed by atoms with Crippen molar-refractivity contribution >= 4 is 46.6 Å². The maximum Gasteiger partial charge on any atom is 0.237 e. The number of para-hydroxylation sites is 1. The number of halogens is 2. The van der Waals surface area contributed by atoms with Gasteiger partial charge in [0.05, 0.1) is 22.4 Å². The second kappa shape index (κ2) is 10.1. The molecule has 3 rings (SSSR count). The second-order valence-corrected chi connectivity index (χ2v) is 8.40. The Hall–Kier alpha value is -2.42. The number of carbonyl (C=O) groups is 1. The van der Waals surface area contributed by atoms with Crippen molar-refractivity contribution < 1.29 is 14.3 Å². The molecule has 1 N–H and O–H groups in total. The standard InChI is InChI=1S/C20H20Cl2N4O3S/c1-12(19(27)23-13-8-9-16(28-3)15(22)10-13)30-20-25-24-18(26(20)2)11-29-17-7-5-4-6-14(17)21/h4-10,12H,11H2,1-3H3,(H,23,27). The third-order valence-electron chi connectivity index (χ3n) is 4.19. The summed E-state index contributed by atoms with van der Waals surface area (Å²) in [4.78, 5) is 12.5. The zero-order valence-corrected chi connectivity index (χ0v) is 18.9. The zero-order valence-electron chi connectivity index (χ0n) is 16.6. The van der Waals surface area contributed by atoms with Gasteiger partial charge in [-0.3, -0.25) is 4.79 Å². The summed E-state index contributed by atoms with van der Waals surface area (Å²) in [5, 5.41) is 12.3. The topological polar surface area (TPSA) is 78.3 Å². The van der Waals surface area contributed by atoms with Gasteiger partial charge in [-0.2, -0.15) is 0 Å². The van der Waals surface area contributed by atoms with Crippen LogP contribution in [-0.4, -0.2) is 33.0 Å². The zero-order chi connectivity index (χ0) is 21.7. The molecule has 1 heterocycles. The van der Waals surface area contributed by atoms with E-state index in [1.165, 1.54) is 18.9 Å². The van der Waals surface area contributed by atoms with Gasteiger partial charge in [0.2, 0.25) is 5.91 Å². The number of benzene rings is 2. The number of methoxy groups -OCH3 is 1. The summed E-state index contributed by atoms with van der Waals surface area (Å²) in [5.74, 6) is 1.55. The Bertz CT molecular complexity index is 1040. The van der Waals surface area contributed by atoms with E-state index in [0.717, 1.165) is 0 Å². The van der Waals surface area contributed by atoms with Crippen molar-refractivity contribution in [3.8, 4) is 11.5 Å². The number of hydrogen-bond acceptors (Lipinski definition) is 6. The minimum atomic E-state index is -0.411. The third kappa shape index (κ3) is 5.38. The lowest BCUT2D eigenvalue weighted by Gasteiger charge is -2.13. The van der Waals surface area contributed by atoms with Gasteiger partial charge >= 0.3 is 0 Å². The molecule has 0 aliphatic carbocycles. The summed E-state index contributed by atoms with van der Waals surface area (Å²) in [7, 11) is 3.36. The van der Waals surface area contributed by atoms with Crippen LogP contribution in [0.15, 0.2) is 47.6 Å². The number of thioether (sulfide) groups is 1. The Morgan fingerprint density at radius 2 is 1.93 bits per heavy atom. The first kappa shape index (κ1) is 22.3. The van der Waals surface area contributed by atoms with Gasteiger partial charge < -0.3 is 19.4 Å². The van der Waals surface area contributed by atoms with Crippen LogP contribution in [-0.2, 0) is 18.4 Å². The predicted molar refractivity (Wildman–Crippen MR) is 119 cm³/mol. The number of carbonyl (C=O) groups excluding carboxylic acids is 1. The van der Waals surface area contributed by atoms with Crippen LogP contribution in [0.1, 0.15) is 12.7 Å². The number of nitrogens with one attached hydrogen (secondary N) is 1. The molecule has 7 nitrogen and oxygen atoms in total. The molecular weight excluding hydrogens is 447 g/mol. The van der Waals surface area contributed by atoms with Gasteiger partial charge in [-0.15, -0.1) is 10.2 Å². The van der Waals surface area contributed by atoms with Gasteiger partial charge in [-0.05, 0) is 37.3 Å². The summed E-state index contributed by atoms with van der Waals surface area (Å²) in [5.41, 5.74) is 0.588. The van der Waals surface area contributed by atoms with Crippen molar-refractivity contribution in [2.45, 2.75) is 23.9 Å². The number of hydrogen-bond donors (Lipinski definition) is 1. The van der Waals surface area contributed by atoms with E-state index >= 15 is 0 Å². The summed E-state index contributed by atoms with van der Waals surface area (Å²) >= 11 is 13.5.